The SMILES string of the molecule is CCOC(=O)C1=C(C)Nc2ncnn2[C@H]1c1ccccc1I. The van der Waals surface area contributed by atoms with Crippen molar-refractivity contribution in [2.75, 3.05) is 11.9 Å². The summed E-state index contributed by atoms with van der Waals surface area (Å²) < 4.78 is 8.01. The molecule has 1 aliphatic heterocycles. The number of nitrogens with zero attached hydrogens (tertiary/aromatic N) is 3. The number of hydrogen-bond acceptors (Lipinski definition) is 5. The number of fused-ring (bicyclic) bond motifs is 1. The summed E-state index contributed by atoms with van der Waals surface area (Å²) in [6.07, 6.45) is 1.48. The molecule has 0 bridgehead atoms. The first-order valence-electron chi connectivity index (χ1n) is 6.92. The highest BCUT2D eigenvalue weighted by molar-refractivity contribution is 14.1. The van der Waals surface area contributed by atoms with Crippen LogP contribution in [0.15, 0.2) is 41.9 Å². The maximum Gasteiger partial charge on any atom is 0.338 e. The van der Waals surface area contributed by atoms with Crippen molar-refractivity contribution < 1.29 is 9.53 Å². The first-order valence-corrected chi connectivity index (χ1v) is 8.00. The fraction of sp³-hybridized carbons (Fsp3) is 0.267. The van der Waals surface area contributed by atoms with Gasteiger partial charge in [-0.3, -0.25) is 0 Å². The van der Waals surface area contributed by atoms with Crippen LogP contribution in [0.4, 0.5) is 5.95 Å². The zero-order chi connectivity index (χ0) is 15.7. The van der Waals surface area contributed by atoms with Gasteiger partial charge in [0, 0.05) is 9.27 Å². The van der Waals surface area contributed by atoms with Gasteiger partial charge in [-0.05, 0) is 48.1 Å². The summed E-state index contributed by atoms with van der Waals surface area (Å²) in [5.41, 5.74) is 2.30. The third-order valence-electron chi connectivity index (χ3n) is 3.49. The number of carbonyl (C=O) groups is 1. The van der Waals surface area contributed by atoms with Crippen LogP contribution in [-0.4, -0.2) is 27.3 Å². The van der Waals surface area contributed by atoms with Gasteiger partial charge in [-0.2, -0.15) is 10.1 Å². The average molecular weight is 410 g/mol. The molecule has 1 N–H and O–H groups in total. The fourth-order valence-electron chi connectivity index (χ4n) is 2.55. The van der Waals surface area contributed by atoms with Crippen LogP contribution < -0.4 is 5.32 Å². The number of rotatable bonds is 3. The van der Waals surface area contributed by atoms with E-state index in [9.17, 15) is 4.79 Å². The monoisotopic (exact) mass is 410 g/mol. The topological polar surface area (TPSA) is 69.0 Å². The summed E-state index contributed by atoms with van der Waals surface area (Å²) in [5.74, 6) is 0.286. The molecule has 1 aliphatic rings. The van der Waals surface area contributed by atoms with E-state index in [1.165, 1.54) is 6.33 Å². The number of aromatic nitrogens is 3. The quantitative estimate of drug-likeness (QED) is 0.623. The van der Waals surface area contributed by atoms with Gasteiger partial charge < -0.3 is 10.1 Å². The molecule has 7 heteroatoms. The van der Waals surface area contributed by atoms with Crippen molar-refractivity contribution in [3.05, 3.63) is 51.0 Å². The molecule has 114 valence electrons. The highest BCUT2D eigenvalue weighted by atomic mass is 127. The van der Waals surface area contributed by atoms with Crippen molar-refractivity contribution in [1.82, 2.24) is 14.8 Å². The van der Waals surface area contributed by atoms with Crippen molar-refractivity contribution in [2.24, 2.45) is 0 Å². The summed E-state index contributed by atoms with van der Waals surface area (Å²) in [4.78, 5) is 16.7. The van der Waals surface area contributed by atoms with E-state index in [1.54, 1.807) is 11.6 Å². The van der Waals surface area contributed by atoms with Gasteiger partial charge in [-0.15, -0.1) is 0 Å². The molecular weight excluding hydrogens is 395 g/mol. The molecule has 3 rings (SSSR count). The highest BCUT2D eigenvalue weighted by Crippen LogP contribution is 2.36. The van der Waals surface area contributed by atoms with E-state index in [0.717, 1.165) is 14.8 Å². The molecule has 0 saturated carbocycles. The lowest BCUT2D eigenvalue weighted by atomic mass is 9.96. The van der Waals surface area contributed by atoms with Crippen LogP contribution in [0.5, 0.6) is 0 Å². The molecule has 2 aromatic rings. The molecular formula is C15H15IN4O2. The van der Waals surface area contributed by atoms with E-state index in [4.69, 9.17) is 4.74 Å². The molecule has 0 amide bonds. The van der Waals surface area contributed by atoms with Crippen LogP contribution in [0.2, 0.25) is 0 Å². The van der Waals surface area contributed by atoms with E-state index < -0.39 is 0 Å². The normalized spacial score (nSPS) is 17.0. The van der Waals surface area contributed by atoms with Crippen LogP contribution in [0.3, 0.4) is 0 Å². The Morgan fingerprint density at radius 3 is 2.95 bits per heavy atom. The predicted octanol–water partition coefficient (Wildman–Crippen LogP) is 2.73. The molecule has 0 unspecified atom stereocenters. The Balaban J connectivity index is 2.18. The van der Waals surface area contributed by atoms with E-state index in [-0.39, 0.29) is 12.0 Å². The molecule has 0 aliphatic carbocycles. The van der Waals surface area contributed by atoms with E-state index in [0.29, 0.717) is 18.1 Å². The number of benzene rings is 1. The van der Waals surface area contributed by atoms with Crippen LogP contribution in [0, 0.1) is 3.57 Å². The number of hydrogen-bond donors (Lipinski definition) is 1. The Kier molecular flexibility index (Phi) is 4.14. The van der Waals surface area contributed by atoms with Crippen LogP contribution >= 0.6 is 22.6 Å². The van der Waals surface area contributed by atoms with Gasteiger partial charge in [0.1, 0.15) is 12.4 Å². The number of anilines is 1. The number of halogens is 1. The van der Waals surface area contributed by atoms with Gasteiger partial charge in [0.05, 0.1) is 12.2 Å². The van der Waals surface area contributed by atoms with Gasteiger partial charge in [0.2, 0.25) is 5.95 Å². The number of esters is 1. The second kappa shape index (κ2) is 6.07. The van der Waals surface area contributed by atoms with Crippen LogP contribution in [-0.2, 0) is 9.53 Å². The molecule has 1 aromatic carbocycles. The van der Waals surface area contributed by atoms with E-state index >= 15 is 0 Å². The van der Waals surface area contributed by atoms with Gasteiger partial charge in [-0.25, -0.2) is 9.48 Å². The van der Waals surface area contributed by atoms with Crippen molar-refractivity contribution >= 4 is 34.5 Å². The highest BCUT2D eigenvalue weighted by Gasteiger charge is 2.35. The predicted molar refractivity (Wildman–Crippen MR) is 90.3 cm³/mol. The van der Waals surface area contributed by atoms with Crippen molar-refractivity contribution in [3.8, 4) is 0 Å². The van der Waals surface area contributed by atoms with Crippen LogP contribution in [0.25, 0.3) is 0 Å². The minimum atomic E-state index is -0.342. The second-order valence-corrected chi connectivity index (χ2v) is 6.00. The lowest BCUT2D eigenvalue weighted by Gasteiger charge is -2.28. The Bertz CT molecular complexity index is 754. The van der Waals surface area contributed by atoms with Crippen molar-refractivity contribution in [1.29, 1.82) is 0 Å². The van der Waals surface area contributed by atoms with E-state index in [2.05, 4.69) is 38.0 Å². The molecule has 1 atom stereocenters. The zero-order valence-electron chi connectivity index (χ0n) is 12.2. The molecule has 0 radical (unpaired) electrons. The molecule has 2 heterocycles. The summed E-state index contributed by atoms with van der Waals surface area (Å²) in [6, 6.07) is 7.58. The largest absolute Gasteiger partial charge is 0.463 e. The Morgan fingerprint density at radius 2 is 2.23 bits per heavy atom. The maximum atomic E-state index is 12.5. The zero-order valence-corrected chi connectivity index (χ0v) is 14.4. The Morgan fingerprint density at radius 1 is 1.45 bits per heavy atom. The number of allylic oxidation sites excluding steroid dienone is 1. The first kappa shape index (κ1) is 15.0. The number of ether oxygens (including phenoxy) is 1. The lowest BCUT2D eigenvalue weighted by molar-refractivity contribution is -0.139. The molecule has 0 spiro atoms. The maximum absolute atomic E-state index is 12.5. The van der Waals surface area contributed by atoms with Crippen LogP contribution in [0.1, 0.15) is 25.5 Å². The molecule has 22 heavy (non-hydrogen) atoms. The van der Waals surface area contributed by atoms with Crippen molar-refractivity contribution in [3.63, 3.8) is 0 Å². The molecule has 1 aromatic heterocycles. The summed E-state index contributed by atoms with van der Waals surface area (Å²) in [5, 5.41) is 7.39. The summed E-state index contributed by atoms with van der Waals surface area (Å²) in [6.45, 7) is 3.98. The molecule has 0 saturated heterocycles. The third-order valence-corrected chi connectivity index (χ3v) is 4.47. The standard InChI is InChI=1S/C15H15IN4O2/c1-3-22-14(21)12-9(2)19-15-17-8-18-20(15)13(12)10-6-4-5-7-11(10)16/h4-8,13H,3H2,1-2H3,(H,17,18,19)/t13-/m0/s1. The third kappa shape index (κ3) is 2.49. The van der Waals surface area contributed by atoms with Gasteiger partial charge >= 0.3 is 5.97 Å². The first-order chi connectivity index (χ1) is 10.6. The minimum Gasteiger partial charge on any atom is -0.463 e. The second-order valence-electron chi connectivity index (χ2n) is 4.84. The van der Waals surface area contributed by atoms with E-state index in [1.807, 2.05) is 31.2 Å². The Hall–Kier alpha value is -1.90. The lowest BCUT2D eigenvalue weighted by Crippen LogP contribution is -2.30. The Labute approximate surface area is 141 Å². The summed E-state index contributed by atoms with van der Waals surface area (Å²) in [7, 11) is 0. The smallest absolute Gasteiger partial charge is 0.338 e. The van der Waals surface area contributed by atoms with Crippen molar-refractivity contribution in [2.45, 2.75) is 19.9 Å². The van der Waals surface area contributed by atoms with Gasteiger partial charge in [-0.1, -0.05) is 18.2 Å². The molecule has 0 fully saturated rings. The average Bonchev–Trinajstić information content (AvgIpc) is 2.94. The molecule has 6 nitrogen and oxygen atoms in total. The van der Waals surface area contributed by atoms with Gasteiger partial charge in [0.15, 0.2) is 0 Å². The number of nitrogens with one attached hydrogen (secondary N) is 1. The minimum absolute atomic E-state index is 0.332. The summed E-state index contributed by atoms with van der Waals surface area (Å²) >= 11 is 2.26. The fourth-order valence-corrected chi connectivity index (χ4v) is 3.23. The van der Waals surface area contributed by atoms with Gasteiger partial charge in [0.25, 0.3) is 0 Å². The number of carbonyl (C=O) groups excluding carboxylic acids is 1.